The number of sulfonamides is 1. The average Bonchev–Trinajstić information content (AvgIpc) is 3.17. The van der Waals surface area contributed by atoms with Crippen molar-refractivity contribution in [2.75, 3.05) is 39.8 Å². The molecule has 0 aromatic heterocycles. The predicted molar refractivity (Wildman–Crippen MR) is 140 cm³/mol. The first-order valence-corrected chi connectivity index (χ1v) is 13.8. The van der Waals surface area contributed by atoms with Gasteiger partial charge in [-0.15, -0.1) is 0 Å². The van der Waals surface area contributed by atoms with Gasteiger partial charge in [-0.3, -0.25) is 14.5 Å². The number of nitrogens with zero attached hydrogens (tertiary/aromatic N) is 3. The predicted octanol–water partition coefficient (Wildman–Crippen LogP) is 2.43. The van der Waals surface area contributed by atoms with Crippen LogP contribution in [0.3, 0.4) is 0 Å². The van der Waals surface area contributed by atoms with Crippen LogP contribution in [0.4, 0.5) is 13.6 Å². The molecule has 0 spiro atoms. The van der Waals surface area contributed by atoms with Crippen LogP contribution in [0, 0.1) is 11.6 Å². The highest BCUT2D eigenvalue weighted by molar-refractivity contribution is 7.89. The van der Waals surface area contributed by atoms with Gasteiger partial charge in [0, 0.05) is 26.2 Å². The standard InChI is InChI=1S/C27H26F2N4O6S/c1-27(19-5-3-18-14-20(39-2)6-4-17(18)13-19)25(35)33(26(36)30-27)16-24(34)31-9-11-32(12-10-31)40(37,38)21-7-8-22(28)23(29)15-21/h3-8,13-15H,9-12,16H2,1-2H3,(H,30,36). The van der Waals surface area contributed by atoms with Crippen molar-refractivity contribution >= 4 is 38.6 Å². The number of carbonyl (C=O) groups is 3. The molecule has 2 aliphatic rings. The highest BCUT2D eigenvalue weighted by Crippen LogP contribution is 2.32. The molecule has 0 saturated carbocycles. The minimum atomic E-state index is -4.10. The Hall–Kier alpha value is -4.10. The van der Waals surface area contributed by atoms with Gasteiger partial charge < -0.3 is 15.0 Å². The maximum atomic E-state index is 13.6. The Morgan fingerprint density at radius 2 is 1.62 bits per heavy atom. The highest BCUT2D eigenvalue weighted by Gasteiger charge is 2.50. The number of hydrogen-bond acceptors (Lipinski definition) is 6. The van der Waals surface area contributed by atoms with E-state index < -0.39 is 56.5 Å². The van der Waals surface area contributed by atoms with Gasteiger partial charge in [0.15, 0.2) is 11.6 Å². The molecule has 0 bridgehead atoms. The average molecular weight is 573 g/mol. The van der Waals surface area contributed by atoms with Crippen molar-refractivity contribution in [1.82, 2.24) is 19.4 Å². The van der Waals surface area contributed by atoms with Crippen molar-refractivity contribution in [1.29, 1.82) is 0 Å². The van der Waals surface area contributed by atoms with Crippen LogP contribution in [0.1, 0.15) is 12.5 Å². The lowest BCUT2D eigenvalue weighted by Gasteiger charge is -2.34. The normalized spacial score (nSPS) is 20.2. The van der Waals surface area contributed by atoms with Crippen molar-refractivity contribution in [2.24, 2.45) is 0 Å². The fourth-order valence-corrected chi connectivity index (χ4v) is 6.33. The first kappa shape index (κ1) is 27.5. The lowest BCUT2D eigenvalue weighted by atomic mass is 9.90. The Balaban J connectivity index is 1.25. The van der Waals surface area contributed by atoms with Crippen molar-refractivity contribution in [2.45, 2.75) is 17.4 Å². The largest absolute Gasteiger partial charge is 0.497 e. The summed E-state index contributed by atoms with van der Waals surface area (Å²) in [6.07, 6.45) is 0. The maximum absolute atomic E-state index is 13.6. The summed E-state index contributed by atoms with van der Waals surface area (Å²) in [4.78, 5) is 41.0. The van der Waals surface area contributed by atoms with Crippen LogP contribution in [0.5, 0.6) is 5.75 Å². The van der Waals surface area contributed by atoms with E-state index in [0.29, 0.717) is 17.4 Å². The van der Waals surface area contributed by atoms with Gasteiger partial charge >= 0.3 is 6.03 Å². The lowest BCUT2D eigenvalue weighted by molar-refractivity contribution is -0.139. The number of hydrogen-bond donors (Lipinski definition) is 1. The van der Waals surface area contributed by atoms with Gasteiger partial charge in [0.1, 0.15) is 17.8 Å². The van der Waals surface area contributed by atoms with Crippen LogP contribution in [0.2, 0.25) is 0 Å². The zero-order valence-electron chi connectivity index (χ0n) is 21.7. The molecule has 1 unspecified atom stereocenters. The van der Waals surface area contributed by atoms with Crippen LogP contribution in [0.25, 0.3) is 10.8 Å². The molecule has 40 heavy (non-hydrogen) atoms. The highest BCUT2D eigenvalue weighted by atomic mass is 32.2. The number of nitrogens with one attached hydrogen (secondary N) is 1. The molecule has 3 aromatic carbocycles. The third kappa shape index (κ3) is 4.75. The number of halogens is 2. The van der Waals surface area contributed by atoms with Gasteiger partial charge in [0.05, 0.1) is 12.0 Å². The van der Waals surface area contributed by atoms with E-state index in [4.69, 9.17) is 4.74 Å². The molecule has 3 aromatic rings. The summed E-state index contributed by atoms with van der Waals surface area (Å²) in [7, 11) is -2.54. The molecular weight excluding hydrogens is 546 g/mol. The van der Waals surface area contributed by atoms with Crippen molar-refractivity contribution in [3.63, 3.8) is 0 Å². The van der Waals surface area contributed by atoms with Gasteiger partial charge in [-0.05, 0) is 59.7 Å². The molecule has 0 aliphatic carbocycles. The maximum Gasteiger partial charge on any atom is 0.325 e. The Morgan fingerprint density at radius 3 is 2.30 bits per heavy atom. The number of imide groups is 1. The monoisotopic (exact) mass is 572 g/mol. The lowest BCUT2D eigenvalue weighted by Crippen LogP contribution is -2.53. The Labute approximate surface area is 229 Å². The number of fused-ring (bicyclic) bond motifs is 1. The van der Waals surface area contributed by atoms with Crippen LogP contribution < -0.4 is 10.1 Å². The van der Waals surface area contributed by atoms with E-state index in [9.17, 15) is 31.6 Å². The number of ether oxygens (including phenoxy) is 1. The second-order valence-corrected chi connectivity index (χ2v) is 11.7. The van der Waals surface area contributed by atoms with Crippen molar-refractivity contribution in [3.8, 4) is 5.75 Å². The fraction of sp³-hybridized carbons (Fsp3) is 0.296. The number of carbonyl (C=O) groups excluding carboxylic acids is 3. The summed E-state index contributed by atoms with van der Waals surface area (Å²) in [5, 5.41) is 4.42. The molecule has 210 valence electrons. The van der Waals surface area contributed by atoms with Gasteiger partial charge in [-0.2, -0.15) is 4.31 Å². The molecular formula is C27H26F2N4O6S. The van der Waals surface area contributed by atoms with E-state index in [0.717, 1.165) is 32.1 Å². The Morgan fingerprint density at radius 1 is 0.950 bits per heavy atom. The number of methoxy groups -OCH3 is 1. The molecule has 4 amide bonds. The third-order valence-electron chi connectivity index (χ3n) is 7.31. The molecule has 13 heteroatoms. The van der Waals surface area contributed by atoms with Crippen LogP contribution in [-0.4, -0.2) is 80.2 Å². The fourth-order valence-electron chi connectivity index (χ4n) is 4.90. The number of piperazine rings is 1. The van der Waals surface area contributed by atoms with Crippen molar-refractivity contribution in [3.05, 3.63) is 71.8 Å². The Bertz CT molecular complexity index is 1640. The third-order valence-corrected chi connectivity index (χ3v) is 9.21. The molecule has 1 atom stereocenters. The summed E-state index contributed by atoms with van der Waals surface area (Å²) >= 11 is 0. The first-order valence-electron chi connectivity index (χ1n) is 12.4. The molecule has 5 rings (SSSR count). The number of urea groups is 1. The minimum Gasteiger partial charge on any atom is -0.497 e. The van der Waals surface area contributed by atoms with Gasteiger partial charge in [0.2, 0.25) is 15.9 Å². The summed E-state index contributed by atoms with van der Waals surface area (Å²) in [5.41, 5.74) is -0.836. The van der Waals surface area contributed by atoms with Crippen LogP contribution in [-0.2, 0) is 25.2 Å². The van der Waals surface area contributed by atoms with Crippen LogP contribution in [0.15, 0.2) is 59.5 Å². The second kappa shape index (κ2) is 10.1. The molecule has 10 nitrogen and oxygen atoms in total. The van der Waals surface area contributed by atoms with Crippen molar-refractivity contribution < 1.29 is 36.3 Å². The molecule has 0 radical (unpaired) electrons. The second-order valence-electron chi connectivity index (χ2n) is 9.74. The van der Waals surface area contributed by atoms with Gasteiger partial charge in [-0.25, -0.2) is 22.0 Å². The van der Waals surface area contributed by atoms with Gasteiger partial charge in [-0.1, -0.05) is 18.2 Å². The SMILES string of the molecule is COc1ccc2cc(C3(C)NC(=O)N(CC(=O)N4CCN(S(=O)(=O)c5ccc(F)c(F)c5)CC4)C3=O)ccc2c1. The first-order chi connectivity index (χ1) is 18.9. The summed E-state index contributed by atoms with van der Waals surface area (Å²) < 4.78 is 58.8. The minimum absolute atomic E-state index is 0.00318. The summed E-state index contributed by atoms with van der Waals surface area (Å²) in [5.74, 6) is -2.86. The smallest absolute Gasteiger partial charge is 0.325 e. The molecule has 1 N–H and O–H groups in total. The Kier molecular flexibility index (Phi) is 6.96. The molecule has 2 saturated heterocycles. The van der Waals surface area contributed by atoms with Crippen LogP contribution >= 0.6 is 0 Å². The molecule has 2 heterocycles. The number of amides is 4. The summed E-state index contributed by atoms with van der Waals surface area (Å²) in [6.45, 7) is 0.873. The van der Waals surface area contributed by atoms with E-state index in [2.05, 4.69) is 5.32 Å². The zero-order chi connectivity index (χ0) is 28.8. The number of rotatable bonds is 6. The molecule has 2 fully saturated rings. The van der Waals surface area contributed by atoms with E-state index >= 15 is 0 Å². The van der Waals surface area contributed by atoms with E-state index in [1.165, 1.54) is 4.90 Å². The quantitative estimate of drug-likeness (QED) is 0.454. The summed E-state index contributed by atoms with van der Waals surface area (Å²) in [6, 6.07) is 12.5. The van der Waals surface area contributed by atoms with E-state index in [1.54, 1.807) is 32.2 Å². The topological polar surface area (TPSA) is 116 Å². The van der Waals surface area contributed by atoms with Gasteiger partial charge in [0.25, 0.3) is 5.91 Å². The van der Waals surface area contributed by atoms with E-state index in [1.807, 2.05) is 18.2 Å². The zero-order valence-corrected chi connectivity index (χ0v) is 22.5. The number of benzene rings is 3. The molecule has 2 aliphatic heterocycles. The van der Waals surface area contributed by atoms with E-state index in [-0.39, 0.29) is 26.2 Å².